The highest BCUT2D eigenvalue weighted by Crippen LogP contribution is 2.36. The number of carboxylic acid groups (broad SMARTS) is 1. The molecule has 1 amide bonds. The summed E-state index contributed by atoms with van der Waals surface area (Å²) in [5.41, 5.74) is 2.62. The Morgan fingerprint density at radius 3 is 2.25 bits per heavy atom. The van der Waals surface area contributed by atoms with E-state index in [2.05, 4.69) is 5.32 Å². The Bertz CT molecular complexity index is 680. The highest BCUT2D eigenvalue weighted by Gasteiger charge is 2.37. The number of anilines is 1. The fourth-order valence-corrected chi connectivity index (χ4v) is 2.95. The monoisotopic (exact) mass is 333 g/mol. The molecule has 0 spiro atoms. The van der Waals surface area contributed by atoms with E-state index < -0.39 is 17.8 Å². The molecule has 6 nitrogen and oxygen atoms in total. The predicted molar refractivity (Wildman–Crippen MR) is 90.4 cm³/mol. The van der Waals surface area contributed by atoms with Gasteiger partial charge in [0.25, 0.3) is 0 Å². The minimum Gasteiger partial charge on any atom is -0.497 e. The fourth-order valence-electron chi connectivity index (χ4n) is 2.95. The number of benzene rings is 1. The number of rotatable bonds is 5. The lowest BCUT2D eigenvalue weighted by atomic mass is 9.76. The molecule has 1 aromatic carbocycles. The number of allylic oxidation sites excluding steroid dienone is 2. The Labute approximate surface area is 141 Å². The predicted octanol–water partition coefficient (Wildman–Crippen LogP) is 3.09. The standard InChI is InChI=1S/C18H23NO5/c1-10-7-13(14(18(21)22)8-11(10)2)17(20)19-15-6-5-12(23-3)9-16(15)24-4/h5-6,9,13-14H,7-8H2,1-4H3,(H,19,20)(H,21,22)/t13-,14+/m1/s1. The highest BCUT2D eigenvalue weighted by atomic mass is 16.5. The van der Waals surface area contributed by atoms with Crippen LogP contribution in [0.2, 0.25) is 0 Å². The molecule has 1 aromatic rings. The van der Waals surface area contributed by atoms with Gasteiger partial charge in [0, 0.05) is 6.07 Å². The smallest absolute Gasteiger partial charge is 0.307 e. The fraction of sp³-hybridized carbons (Fsp3) is 0.444. The summed E-state index contributed by atoms with van der Waals surface area (Å²) < 4.78 is 10.4. The molecule has 1 aliphatic rings. The zero-order chi connectivity index (χ0) is 17.9. The first-order valence-electron chi connectivity index (χ1n) is 7.78. The highest BCUT2D eigenvalue weighted by molar-refractivity contribution is 5.96. The summed E-state index contributed by atoms with van der Waals surface area (Å²) in [4.78, 5) is 24.2. The normalized spacial score (nSPS) is 20.5. The average molecular weight is 333 g/mol. The second-order valence-corrected chi connectivity index (χ2v) is 6.08. The first-order chi connectivity index (χ1) is 11.4. The van der Waals surface area contributed by atoms with Crippen molar-refractivity contribution in [1.82, 2.24) is 0 Å². The molecule has 0 radical (unpaired) electrons. The molecule has 2 atom stereocenters. The first kappa shape index (κ1) is 17.8. The lowest BCUT2D eigenvalue weighted by Gasteiger charge is -2.29. The lowest BCUT2D eigenvalue weighted by molar-refractivity contribution is -0.146. The van der Waals surface area contributed by atoms with Crippen molar-refractivity contribution in [2.75, 3.05) is 19.5 Å². The van der Waals surface area contributed by atoms with E-state index in [0.29, 0.717) is 30.0 Å². The van der Waals surface area contributed by atoms with Crippen molar-refractivity contribution >= 4 is 17.6 Å². The van der Waals surface area contributed by atoms with Crippen LogP contribution < -0.4 is 14.8 Å². The van der Waals surface area contributed by atoms with E-state index in [1.807, 2.05) is 13.8 Å². The molecule has 0 aromatic heterocycles. The molecule has 0 saturated carbocycles. The van der Waals surface area contributed by atoms with Crippen molar-refractivity contribution in [3.8, 4) is 11.5 Å². The lowest BCUT2D eigenvalue weighted by Crippen LogP contribution is -2.36. The SMILES string of the molecule is COc1ccc(NC(=O)[C@@H]2CC(C)=C(C)C[C@@H]2C(=O)O)c(OC)c1. The van der Waals surface area contributed by atoms with Gasteiger partial charge in [-0.05, 0) is 38.8 Å². The molecule has 130 valence electrons. The Kier molecular flexibility index (Phi) is 5.49. The summed E-state index contributed by atoms with van der Waals surface area (Å²) in [6.07, 6.45) is 0.853. The van der Waals surface area contributed by atoms with Gasteiger partial charge >= 0.3 is 5.97 Å². The Balaban J connectivity index is 2.24. The van der Waals surface area contributed by atoms with Crippen molar-refractivity contribution in [2.45, 2.75) is 26.7 Å². The molecule has 0 unspecified atom stereocenters. The van der Waals surface area contributed by atoms with E-state index in [4.69, 9.17) is 9.47 Å². The van der Waals surface area contributed by atoms with Gasteiger partial charge in [0.15, 0.2) is 0 Å². The molecule has 2 N–H and O–H groups in total. The Morgan fingerprint density at radius 1 is 1.08 bits per heavy atom. The third kappa shape index (κ3) is 3.69. The number of carbonyl (C=O) groups excluding carboxylic acids is 1. The van der Waals surface area contributed by atoms with Gasteiger partial charge in [-0.1, -0.05) is 11.1 Å². The van der Waals surface area contributed by atoms with Crippen LogP contribution in [0.25, 0.3) is 0 Å². The Hall–Kier alpha value is -2.50. The molecule has 0 saturated heterocycles. The topological polar surface area (TPSA) is 84.9 Å². The summed E-state index contributed by atoms with van der Waals surface area (Å²) in [6.45, 7) is 3.87. The van der Waals surface area contributed by atoms with Crippen molar-refractivity contribution in [2.24, 2.45) is 11.8 Å². The zero-order valence-corrected chi connectivity index (χ0v) is 14.4. The van der Waals surface area contributed by atoms with Crippen LogP contribution in [0.1, 0.15) is 26.7 Å². The molecular formula is C18H23NO5. The van der Waals surface area contributed by atoms with Crippen LogP contribution in [0.5, 0.6) is 11.5 Å². The summed E-state index contributed by atoms with van der Waals surface area (Å²) >= 11 is 0. The van der Waals surface area contributed by atoms with Crippen LogP contribution >= 0.6 is 0 Å². The number of nitrogens with one attached hydrogen (secondary N) is 1. The van der Waals surface area contributed by atoms with Gasteiger partial charge in [0.05, 0.1) is 31.7 Å². The van der Waals surface area contributed by atoms with Gasteiger partial charge in [-0.2, -0.15) is 0 Å². The number of amides is 1. The van der Waals surface area contributed by atoms with Gasteiger partial charge < -0.3 is 19.9 Å². The molecule has 0 aliphatic heterocycles. The molecule has 0 heterocycles. The van der Waals surface area contributed by atoms with Crippen LogP contribution in [-0.2, 0) is 9.59 Å². The van der Waals surface area contributed by atoms with E-state index in [-0.39, 0.29) is 5.91 Å². The Morgan fingerprint density at radius 2 is 1.71 bits per heavy atom. The summed E-state index contributed by atoms with van der Waals surface area (Å²) in [5.74, 6) is -1.48. The molecular weight excluding hydrogens is 310 g/mol. The quantitative estimate of drug-likeness (QED) is 0.809. The van der Waals surface area contributed by atoms with Gasteiger partial charge in [-0.15, -0.1) is 0 Å². The number of aliphatic carboxylic acids is 1. The first-order valence-corrected chi connectivity index (χ1v) is 7.78. The van der Waals surface area contributed by atoms with Gasteiger partial charge in [-0.3, -0.25) is 9.59 Å². The summed E-state index contributed by atoms with van der Waals surface area (Å²) in [7, 11) is 3.05. The number of methoxy groups -OCH3 is 2. The third-order valence-corrected chi connectivity index (χ3v) is 4.59. The van der Waals surface area contributed by atoms with Crippen LogP contribution in [0.4, 0.5) is 5.69 Å². The molecule has 1 aliphatic carbocycles. The maximum Gasteiger partial charge on any atom is 0.307 e. The van der Waals surface area contributed by atoms with Gasteiger partial charge in [0.2, 0.25) is 5.91 Å². The molecule has 0 bridgehead atoms. The van der Waals surface area contributed by atoms with E-state index in [0.717, 1.165) is 11.1 Å². The maximum atomic E-state index is 12.7. The van der Waals surface area contributed by atoms with E-state index in [1.54, 1.807) is 25.3 Å². The number of carbonyl (C=O) groups is 2. The van der Waals surface area contributed by atoms with Gasteiger partial charge in [0.1, 0.15) is 11.5 Å². The zero-order valence-electron chi connectivity index (χ0n) is 14.4. The van der Waals surface area contributed by atoms with E-state index in [1.165, 1.54) is 7.11 Å². The van der Waals surface area contributed by atoms with Crippen molar-refractivity contribution in [1.29, 1.82) is 0 Å². The second-order valence-electron chi connectivity index (χ2n) is 6.08. The van der Waals surface area contributed by atoms with E-state index in [9.17, 15) is 14.7 Å². The van der Waals surface area contributed by atoms with Crippen molar-refractivity contribution in [3.05, 3.63) is 29.3 Å². The summed E-state index contributed by atoms with van der Waals surface area (Å²) in [6, 6.07) is 5.06. The van der Waals surface area contributed by atoms with Crippen molar-refractivity contribution < 1.29 is 24.2 Å². The summed E-state index contributed by atoms with van der Waals surface area (Å²) in [5, 5.41) is 12.3. The largest absolute Gasteiger partial charge is 0.497 e. The minimum atomic E-state index is -0.941. The van der Waals surface area contributed by atoms with Crippen LogP contribution in [0.15, 0.2) is 29.3 Å². The van der Waals surface area contributed by atoms with Crippen molar-refractivity contribution in [3.63, 3.8) is 0 Å². The number of carboxylic acids is 1. The maximum absolute atomic E-state index is 12.7. The van der Waals surface area contributed by atoms with Crippen LogP contribution in [-0.4, -0.2) is 31.2 Å². The molecule has 0 fully saturated rings. The minimum absolute atomic E-state index is 0.308. The van der Waals surface area contributed by atoms with Crippen LogP contribution in [0, 0.1) is 11.8 Å². The second kappa shape index (κ2) is 7.38. The van der Waals surface area contributed by atoms with E-state index >= 15 is 0 Å². The molecule has 2 rings (SSSR count). The third-order valence-electron chi connectivity index (χ3n) is 4.59. The number of hydrogen-bond donors (Lipinski definition) is 2. The molecule has 24 heavy (non-hydrogen) atoms. The van der Waals surface area contributed by atoms with Crippen LogP contribution in [0.3, 0.4) is 0 Å². The number of ether oxygens (including phenoxy) is 2. The van der Waals surface area contributed by atoms with Gasteiger partial charge in [-0.25, -0.2) is 0 Å². The average Bonchev–Trinajstić information content (AvgIpc) is 2.56. The molecule has 6 heteroatoms. The number of hydrogen-bond acceptors (Lipinski definition) is 4.